The second kappa shape index (κ2) is 39.4. The van der Waals surface area contributed by atoms with Crippen LogP contribution in [0.5, 0.6) is 0 Å². The van der Waals surface area contributed by atoms with Crippen molar-refractivity contribution in [3.63, 3.8) is 0 Å². The van der Waals surface area contributed by atoms with Gasteiger partial charge in [0, 0.05) is 98.3 Å². The van der Waals surface area contributed by atoms with Crippen LogP contribution in [0.1, 0.15) is 199 Å². The second-order valence-corrected chi connectivity index (χ2v) is 28.4. The van der Waals surface area contributed by atoms with Crippen LogP contribution in [0.2, 0.25) is 5.02 Å². The van der Waals surface area contributed by atoms with Crippen molar-refractivity contribution >= 4 is 107 Å². The van der Waals surface area contributed by atoms with Crippen molar-refractivity contribution in [1.82, 2.24) is 101 Å². The molecule has 4 aliphatic heterocycles. The third kappa shape index (κ3) is 21.2. The van der Waals surface area contributed by atoms with Crippen LogP contribution in [0.3, 0.4) is 0 Å². The van der Waals surface area contributed by atoms with E-state index in [0.717, 1.165) is 123 Å². The number of aromatic nitrogens is 20. The Labute approximate surface area is 681 Å². The molecule has 4 saturated heterocycles. The standard InChI is InChI=1S/C21H24ClN7.C21H23F2N7.2C21H24FN7/c1-3-6-16-13-19(28-27-16)24-20-23-18(4-2)25-21(26-20)29-12-5-7-17(29)14-8-10-15(22)11-9-14;1-3-6-14-12-19(29-28-14)25-20-24-18(4-2)26-21(27-20)30-10-5-7-17(30)15-9-8-13(22)11-16(15)23;1-3-8-14-13-19(28-27-14)24-20-23-18(4-2)25-21(26-20)29-12-7-11-17(29)15-9-5-6-10-16(15)22;1-3-6-16-13-19(28-27-16)24-20-23-18(4-2)25-21(26-20)29-12-5-7-17(29)14-8-10-15(22)11-9-14/h3,6,8-11,13,17H,4-5,7,12H2,1-2H3,(H2,23,24,25,26,27,28);3,6,8-9,11-12,17H,4-5,7,10H2,1-2H3,(H2,24,25,26,27,28,29);3,5-6,8-10,13,17H,4,7,11-12H2,1-2H3,(H2,23,24,25,26,27,28);3,6,8-11,13,17H,4-5,7,12H2,1-2H3,(H2,23,24,25,26,27,28)/b2*6-3+;8-3+;6-3+. The van der Waals surface area contributed by atoms with E-state index in [-0.39, 0.29) is 35.8 Å². The summed E-state index contributed by atoms with van der Waals surface area (Å²) in [4.78, 5) is 63.5. The summed E-state index contributed by atoms with van der Waals surface area (Å²) in [6, 6.07) is 32.9. The lowest BCUT2D eigenvalue weighted by Gasteiger charge is -2.26. The highest BCUT2D eigenvalue weighted by Crippen LogP contribution is 2.41. The fraction of sp³-hybridized carbons (Fsp3) is 0.333. The molecule has 8 aromatic heterocycles. The number of hydrogen-bond donors (Lipinski definition) is 8. The zero-order chi connectivity index (χ0) is 81.7. The second-order valence-electron chi connectivity index (χ2n) is 27.9. The highest BCUT2D eigenvalue weighted by atomic mass is 35.5. The quantitative estimate of drug-likeness (QED) is 0.0261. The lowest BCUT2D eigenvalue weighted by atomic mass is 10.0. The normalized spacial score (nSPS) is 16.6. The van der Waals surface area contributed by atoms with Gasteiger partial charge < -0.3 is 40.9 Å². The van der Waals surface area contributed by atoms with Crippen molar-refractivity contribution in [3.05, 3.63) is 236 Å². The van der Waals surface area contributed by atoms with Crippen LogP contribution in [0.15, 0.2) is 140 Å². The van der Waals surface area contributed by atoms with Gasteiger partial charge in [-0.2, -0.15) is 80.2 Å². The van der Waals surface area contributed by atoms with Crippen LogP contribution in [0.25, 0.3) is 24.3 Å². The van der Waals surface area contributed by atoms with Crippen LogP contribution in [-0.2, 0) is 25.7 Å². The summed E-state index contributed by atoms with van der Waals surface area (Å²) in [6.45, 7) is 19.0. The number of anilines is 12. The highest BCUT2D eigenvalue weighted by molar-refractivity contribution is 6.30. The fourth-order valence-electron chi connectivity index (χ4n) is 14.4. The number of aryl methyl sites for hydroxylation is 4. The van der Waals surface area contributed by atoms with Crippen molar-refractivity contribution in [2.24, 2.45) is 0 Å². The molecular weight excluding hydrogens is 1510 g/mol. The number of allylic oxidation sites excluding steroid dienone is 4. The summed E-state index contributed by atoms with van der Waals surface area (Å²) in [5.74, 6) is 7.90. The molecule has 0 radical (unpaired) electrons. The molecule has 4 aliphatic rings. The minimum atomic E-state index is -0.586. The van der Waals surface area contributed by atoms with E-state index in [4.69, 9.17) is 21.6 Å². The molecule has 33 heteroatoms. The van der Waals surface area contributed by atoms with Crippen molar-refractivity contribution in [1.29, 1.82) is 0 Å². The highest BCUT2D eigenvalue weighted by Gasteiger charge is 2.35. The summed E-state index contributed by atoms with van der Waals surface area (Å²) in [5.41, 5.74) is 6.99. The van der Waals surface area contributed by atoms with Gasteiger partial charge in [-0.15, -0.1) is 0 Å². The molecule has 0 saturated carbocycles. The Hall–Kier alpha value is -12.9. The number of H-pyrrole nitrogens is 4. The summed E-state index contributed by atoms with van der Waals surface area (Å²) in [5, 5.41) is 42.1. The molecule has 8 N–H and O–H groups in total. The smallest absolute Gasteiger partial charge is 0.233 e. The molecular formula is C84H95ClF4N28. The van der Waals surface area contributed by atoms with Gasteiger partial charge in [-0.1, -0.05) is 112 Å². The average molecular weight is 1610 g/mol. The maximum Gasteiger partial charge on any atom is 0.233 e. The summed E-state index contributed by atoms with van der Waals surface area (Å²) in [6.07, 6.45) is 25.8. The molecule has 606 valence electrons. The molecule has 0 spiro atoms. The Morgan fingerprint density at radius 2 is 0.667 bits per heavy atom. The topological polar surface area (TPSA) is 330 Å². The maximum atomic E-state index is 14.4. The molecule has 16 rings (SSSR count). The zero-order valence-corrected chi connectivity index (χ0v) is 67.3. The van der Waals surface area contributed by atoms with E-state index in [9.17, 15) is 17.6 Å². The Bertz CT molecular complexity index is 5230. The first-order valence-corrected chi connectivity index (χ1v) is 40.0. The van der Waals surface area contributed by atoms with E-state index in [1.54, 1.807) is 6.07 Å². The predicted molar refractivity (Wildman–Crippen MR) is 451 cm³/mol. The third-order valence-corrected chi connectivity index (χ3v) is 20.1. The minimum Gasteiger partial charge on any atom is -0.334 e. The van der Waals surface area contributed by atoms with E-state index in [1.165, 1.54) is 35.9 Å². The number of aromatic amines is 4. The van der Waals surface area contributed by atoms with Gasteiger partial charge in [-0.3, -0.25) is 20.4 Å². The monoisotopic (exact) mass is 1610 g/mol. The number of nitrogens with one attached hydrogen (secondary N) is 8. The summed E-state index contributed by atoms with van der Waals surface area (Å²) in [7, 11) is 0. The number of nitrogens with zero attached hydrogens (tertiary/aromatic N) is 20. The number of hydrogen-bond acceptors (Lipinski definition) is 24. The molecule has 12 heterocycles. The van der Waals surface area contributed by atoms with Crippen LogP contribution in [0.4, 0.5) is 88.4 Å². The van der Waals surface area contributed by atoms with Gasteiger partial charge in [0.1, 0.15) is 46.6 Å². The molecule has 4 aromatic carbocycles. The van der Waals surface area contributed by atoms with Gasteiger partial charge in [-0.05, 0) is 151 Å². The van der Waals surface area contributed by atoms with Gasteiger partial charge in [0.25, 0.3) is 0 Å². The Morgan fingerprint density at radius 1 is 0.359 bits per heavy atom. The lowest BCUT2D eigenvalue weighted by Crippen LogP contribution is -2.26. The predicted octanol–water partition coefficient (Wildman–Crippen LogP) is 18.3. The maximum absolute atomic E-state index is 14.4. The molecule has 4 atom stereocenters. The van der Waals surface area contributed by atoms with Gasteiger partial charge in [0.2, 0.25) is 47.6 Å². The van der Waals surface area contributed by atoms with Crippen molar-refractivity contribution < 1.29 is 17.6 Å². The first kappa shape index (κ1) is 82.1. The molecule has 4 fully saturated rings. The summed E-state index contributed by atoms with van der Waals surface area (Å²) >= 11 is 6.06. The van der Waals surface area contributed by atoms with Crippen molar-refractivity contribution in [3.8, 4) is 0 Å². The Kier molecular flexibility index (Phi) is 27.7. The molecule has 28 nitrogen and oxygen atoms in total. The molecule has 117 heavy (non-hydrogen) atoms. The van der Waals surface area contributed by atoms with Gasteiger partial charge >= 0.3 is 0 Å². The first-order chi connectivity index (χ1) is 57.1. The Morgan fingerprint density at radius 3 is 0.991 bits per heavy atom. The van der Waals surface area contributed by atoms with Crippen LogP contribution < -0.4 is 40.9 Å². The molecule has 0 bridgehead atoms. The van der Waals surface area contributed by atoms with E-state index < -0.39 is 11.6 Å². The van der Waals surface area contributed by atoms with Crippen LogP contribution >= 0.6 is 11.6 Å². The average Bonchev–Trinajstić information content (AvgIpc) is 1.69. The van der Waals surface area contributed by atoms with Gasteiger partial charge in [0.05, 0.1) is 46.9 Å². The Balaban J connectivity index is 0.000000135. The van der Waals surface area contributed by atoms with E-state index in [0.29, 0.717) is 125 Å². The molecule has 0 aliphatic carbocycles. The van der Waals surface area contributed by atoms with E-state index >= 15 is 0 Å². The van der Waals surface area contributed by atoms with Crippen LogP contribution in [-0.4, -0.2) is 127 Å². The summed E-state index contributed by atoms with van der Waals surface area (Å²) < 4.78 is 55.5. The third-order valence-electron chi connectivity index (χ3n) is 19.8. The first-order valence-electron chi connectivity index (χ1n) is 39.6. The van der Waals surface area contributed by atoms with Crippen molar-refractivity contribution in [2.45, 2.75) is 157 Å². The van der Waals surface area contributed by atoms with Crippen LogP contribution in [0, 0.1) is 23.3 Å². The number of rotatable bonds is 24. The molecule has 12 aromatic rings. The lowest BCUT2D eigenvalue weighted by molar-refractivity contribution is 0.552. The molecule has 4 unspecified atom stereocenters. The molecule has 0 amide bonds. The zero-order valence-electron chi connectivity index (χ0n) is 66.5. The van der Waals surface area contributed by atoms with Gasteiger partial charge in [0.15, 0.2) is 23.3 Å². The van der Waals surface area contributed by atoms with Crippen molar-refractivity contribution in [2.75, 3.05) is 67.0 Å². The number of benzene rings is 4. The minimum absolute atomic E-state index is 0.0807. The number of halogens is 5. The SMILES string of the molecule is C/C=C/c1cc(Nc2nc(CC)nc(N3CCCC3c3ccc(Cl)cc3)n2)n[nH]1.C/C=C/c1cc(Nc2nc(CC)nc(N3CCCC3c3ccc(F)cc3)n2)n[nH]1.C/C=C/c1cc(Nc2nc(CC)nc(N3CCCC3c3ccc(F)cc3F)n2)n[nH]1.C/C=C/c1cc(Nc2nc(CC)nc(N3CCCC3c3ccccc3F)n2)n[nH]1. The van der Waals surface area contributed by atoms with Gasteiger partial charge in [-0.25, -0.2) is 17.6 Å². The van der Waals surface area contributed by atoms with E-state index in [1.807, 2.05) is 170 Å². The fourth-order valence-corrected chi connectivity index (χ4v) is 14.5. The largest absolute Gasteiger partial charge is 0.334 e. The van der Waals surface area contributed by atoms with E-state index in [2.05, 4.69) is 139 Å².